The van der Waals surface area contributed by atoms with E-state index in [1.54, 1.807) is 47.0 Å². The highest BCUT2D eigenvalue weighted by Crippen LogP contribution is 2.20. The number of carbonyl (C=O) groups excluding carboxylic acids is 2. The van der Waals surface area contributed by atoms with E-state index in [1.165, 1.54) is 6.42 Å². The zero-order valence-corrected chi connectivity index (χ0v) is 16.1. The van der Waals surface area contributed by atoms with E-state index < -0.39 is 5.91 Å². The van der Waals surface area contributed by atoms with E-state index in [0.717, 1.165) is 25.7 Å². The fourth-order valence-electron chi connectivity index (χ4n) is 3.62. The molecule has 0 atom stereocenters. The summed E-state index contributed by atoms with van der Waals surface area (Å²) in [5.41, 5.74) is 1.44. The molecule has 1 aromatic carbocycles. The summed E-state index contributed by atoms with van der Waals surface area (Å²) in [4.78, 5) is 30.0. The smallest absolute Gasteiger partial charge is 0.292 e. The van der Waals surface area contributed by atoms with Crippen molar-refractivity contribution >= 4 is 34.6 Å². The minimum Gasteiger partial charge on any atom is -0.348 e. The molecule has 1 aliphatic carbocycles. The molecular weight excluding hydrogens is 376 g/mol. The second-order valence-corrected chi connectivity index (χ2v) is 7.45. The molecule has 0 aliphatic heterocycles. The van der Waals surface area contributed by atoms with Crippen molar-refractivity contribution in [2.75, 3.05) is 5.32 Å². The molecule has 0 bridgehead atoms. The molecule has 4 rings (SSSR count). The van der Waals surface area contributed by atoms with Crippen molar-refractivity contribution in [2.45, 2.75) is 38.1 Å². The zero-order valence-electron chi connectivity index (χ0n) is 15.3. The number of halogens is 1. The van der Waals surface area contributed by atoms with Crippen LogP contribution in [-0.2, 0) is 0 Å². The molecule has 2 N–H and O–H groups in total. The summed E-state index contributed by atoms with van der Waals surface area (Å²) in [5.74, 6) is -0.484. The average molecular weight is 397 g/mol. The minimum atomic E-state index is -0.403. The first-order valence-electron chi connectivity index (χ1n) is 9.47. The Morgan fingerprint density at radius 1 is 1.04 bits per heavy atom. The molecule has 1 aliphatic rings. The van der Waals surface area contributed by atoms with Gasteiger partial charge in [0, 0.05) is 22.9 Å². The molecule has 28 heavy (non-hydrogen) atoms. The summed E-state index contributed by atoms with van der Waals surface area (Å²) < 4.78 is 1.63. The van der Waals surface area contributed by atoms with Crippen LogP contribution >= 0.6 is 11.6 Å². The number of amides is 2. The molecule has 0 saturated heterocycles. The lowest BCUT2D eigenvalue weighted by atomic mass is 9.95. The topological polar surface area (TPSA) is 75.5 Å². The largest absolute Gasteiger partial charge is 0.348 e. The van der Waals surface area contributed by atoms with Crippen molar-refractivity contribution in [2.24, 2.45) is 0 Å². The Morgan fingerprint density at radius 2 is 1.86 bits per heavy atom. The fourth-order valence-corrected chi connectivity index (χ4v) is 3.81. The molecule has 1 fully saturated rings. The van der Waals surface area contributed by atoms with Gasteiger partial charge >= 0.3 is 0 Å². The molecule has 2 amide bonds. The van der Waals surface area contributed by atoms with Crippen molar-refractivity contribution in [3.8, 4) is 0 Å². The molecular formula is C21H21ClN4O2. The van der Waals surface area contributed by atoms with Crippen LogP contribution in [0.25, 0.3) is 5.52 Å². The highest BCUT2D eigenvalue weighted by atomic mass is 35.5. The number of nitrogens with one attached hydrogen (secondary N) is 2. The summed E-state index contributed by atoms with van der Waals surface area (Å²) in [6, 6.07) is 12.5. The van der Waals surface area contributed by atoms with Gasteiger partial charge in [0.05, 0.1) is 5.52 Å². The highest BCUT2D eigenvalue weighted by Gasteiger charge is 2.24. The number of fused-ring (bicyclic) bond motifs is 1. The third kappa shape index (κ3) is 3.87. The van der Waals surface area contributed by atoms with E-state index in [-0.39, 0.29) is 23.5 Å². The van der Waals surface area contributed by atoms with Gasteiger partial charge in [0.25, 0.3) is 11.8 Å². The van der Waals surface area contributed by atoms with Crippen molar-refractivity contribution in [3.63, 3.8) is 0 Å². The lowest BCUT2D eigenvalue weighted by Crippen LogP contribution is -2.36. The first kappa shape index (κ1) is 18.5. The number of hydrogen-bond donors (Lipinski definition) is 2. The number of benzene rings is 1. The van der Waals surface area contributed by atoms with Gasteiger partial charge in [0.1, 0.15) is 0 Å². The van der Waals surface area contributed by atoms with Gasteiger partial charge in [0.15, 0.2) is 5.69 Å². The summed E-state index contributed by atoms with van der Waals surface area (Å²) in [6.07, 6.45) is 7.17. The molecule has 3 aromatic rings. The van der Waals surface area contributed by atoms with E-state index in [1.807, 2.05) is 6.07 Å². The summed E-state index contributed by atoms with van der Waals surface area (Å²) in [7, 11) is 0. The SMILES string of the molecule is O=C(NC1CCCCC1)c1nc(C(=O)Nc2cccc(Cl)c2)n2ccccc12. The average Bonchev–Trinajstić information content (AvgIpc) is 3.09. The third-order valence-corrected chi connectivity index (χ3v) is 5.22. The van der Waals surface area contributed by atoms with Crippen LogP contribution in [0.3, 0.4) is 0 Å². The Kier molecular flexibility index (Phi) is 5.30. The molecule has 1 saturated carbocycles. The van der Waals surface area contributed by atoms with Gasteiger partial charge in [-0.2, -0.15) is 0 Å². The summed E-state index contributed by atoms with van der Waals surface area (Å²) in [6.45, 7) is 0. The predicted octanol–water partition coefficient (Wildman–Crippen LogP) is 4.30. The van der Waals surface area contributed by atoms with E-state index in [9.17, 15) is 9.59 Å². The van der Waals surface area contributed by atoms with Gasteiger partial charge in [-0.25, -0.2) is 4.98 Å². The van der Waals surface area contributed by atoms with Crippen LogP contribution in [0, 0.1) is 0 Å². The van der Waals surface area contributed by atoms with Crippen LogP contribution in [-0.4, -0.2) is 27.2 Å². The maximum absolute atomic E-state index is 12.8. The number of hydrogen-bond acceptors (Lipinski definition) is 3. The van der Waals surface area contributed by atoms with Crippen molar-refractivity contribution < 1.29 is 9.59 Å². The van der Waals surface area contributed by atoms with Gasteiger partial charge in [-0.3, -0.25) is 14.0 Å². The van der Waals surface area contributed by atoms with Crippen molar-refractivity contribution in [3.05, 3.63) is 65.2 Å². The van der Waals surface area contributed by atoms with Crippen LogP contribution in [0.15, 0.2) is 48.7 Å². The molecule has 0 spiro atoms. The van der Waals surface area contributed by atoms with Gasteiger partial charge in [-0.05, 0) is 43.2 Å². The Balaban J connectivity index is 1.62. The number of nitrogens with zero attached hydrogens (tertiary/aromatic N) is 2. The second kappa shape index (κ2) is 8.02. The van der Waals surface area contributed by atoms with Gasteiger partial charge < -0.3 is 10.6 Å². The first-order valence-corrected chi connectivity index (χ1v) is 9.84. The number of imidazole rings is 1. The van der Waals surface area contributed by atoms with Crippen LogP contribution < -0.4 is 10.6 Å². The van der Waals surface area contributed by atoms with Crippen LogP contribution in [0.4, 0.5) is 5.69 Å². The highest BCUT2D eigenvalue weighted by molar-refractivity contribution is 6.31. The molecule has 7 heteroatoms. The maximum Gasteiger partial charge on any atom is 0.292 e. The number of carbonyl (C=O) groups is 2. The summed E-state index contributed by atoms with van der Waals surface area (Å²) >= 11 is 5.98. The number of aromatic nitrogens is 2. The van der Waals surface area contributed by atoms with E-state index in [0.29, 0.717) is 16.2 Å². The van der Waals surface area contributed by atoms with Gasteiger partial charge in [0.2, 0.25) is 5.82 Å². The zero-order chi connectivity index (χ0) is 19.5. The van der Waals surface area contributed by atoms with E-state index in [4.69, 9.17) is 11.6 Å². The molecule has 144 valence electrons. The second-order valence-electron chi connectivity index (χ2n) is 7.01. The summed E-state index contributed by atoms with van der Waals surface area (Å²) in [5, 5.41) is 6.39. The predicted molar refractivity (Wildman–Crippen MR) is 109 cm³/mol. The lowest BCUT2D eigenvalue weighted by molar-refractivity contribution is 0.0925. The maximum atomic E-state index is 12.8. The molecule has 2 heterocycles. The number of pyridine rings is 1. The number of anilines is 1. The Morgan fingerprint density at radius 3 is 2.64 bits per heavy atom. The Hall–Kier alpha value is -2.86. The Labute approximate surface area is 167 Å². The molecule has 6 nitrogen and oxygen atoms in total. The minimum absolute atomic E-state index is 0.157. The van der Waals surface area contributed by atoms with Gasteiger partial charge in [-0.15, -0.1) is 0 Å². The molecule has 2 aromatic heterocycles. The normalized spacial score (nSPS) is 14.8. The molecule has 0 unspecified atom stereocenters. The fraction of sp³-hybridized carbons (Fsp3) is 0.286. The van der Waals surface area contributed by atoms with Crippen molar-refractivity contribution in [1.82, 2.24) is 14.7 Å². The standard InChI is InChI=1S/C21H21ClN4O2/c22-14-7-6-10-16(13-14)24-21(28)19-25-18(17-11-4-5-12-26(17)19)20(27)23-15-8-2-1-3-9-15/h4-7,10-13,15H,1-3,8-9H2,(H,23,27)(H,24,28). The first-order chi connectivity index (χ1) is 13.6. The number of rotatable bonds is 4. The third-order valence-electron chi connectivity index (χ3n) is 4.99. The van der Waals surface area contributed by atoms with Crippen LogP contribution in [0.1, 0.15) is 53.2 Å². The van der Waals surface area contributed by atoms with Crippen LogP contribution in [0.5, 0.6) is 0 Å². The molecule has 0 radical (unpaired) electrons. The quantitative estimate of drug-likeness (QED) is 0.690. The van der Waals surface area contributed by atoms with Crippen molar-refractivity contribution in [1.29, 1.82) is 0 Å². The Bertz CT molecular complexity index is 1020. The van der Waals surface area contributed by atoms with E-state index >= 15 is 0 Å². The van der Waals surface area contributed by atoms with Gasteiger partial charge in [-0.1, -0.05) is 43.0 Å². The lowest BCUT2D eigenvalue weighted by Gasteiger charge is -2.22. The van der Waals surface area contributed by atoms with Crippen LogP contribution in [0.2, 0.25) is 5.02 Å². The monoisotopic (exact) mass is 396 g/mol. The van der Waals surface area contributed by atoms with E-state index in [2.05, 4.69) is 15.6 Å².